The highest BCUT2D eigenvalue weighted by molar-refractivity contribution is 14.1. The second-order valence-corrected chi connectivity index (χ2v) is 8.36. The Labute approximate surface area is 170 Å². The number of ether oxygens (including phenoxy) is 1. The molecule has 6 nitrogen and oxygen atoms in total. The van der Waals surface area contributed by atoms with Gasteiger partial charge in [-0.15, -0.1) is 0 Å². The largest absolute Gasteiger partial charge is 0.383 e. The lowest BCUT2D eigenvalue weighted by molar-refractivity contribution is -0.120. The van der Waals surface area contributed by atoms with Crippen molar-refractivity contribution in [2.45, 2.75) is 64.8 Å². The second-order valence-electron chi connectivity index (χ2n) is 7.28. The van der Waals surface area contributed by atoms with Crippen LogP contribution >= 0.6 is 22.6 Å². The van der Waals surface area contributed by atoms with Gasteiger partial charge in [0.2, 0.25) is 5.91 Å². The van der Waals surface area contributed by atoms with E-state index in [1.807, 2.05) is 11.8 Å². The van der Waals surface area contributed by atoms with E-state index in [4.69, 9.17) is 9.72 Å². The maximum atomic E-state index is 12.6. The summed E-state index contributed by atoms with van der Waals surface area (Å²) < 4.78 is 6.25. The van der Waals surface area contributed by atoms with E-state index in [2.05, 4.69) is 46.7 Å². The normalized spacial score (nSPS) is 15.3. The van der Waals surface area contributed by atoms with Gasteiger partial charge in [0.05, 0.1) is 22.4 Å². The van der Waals surface area contributed by atoms with Gasteiger partial charge in [-0.3, -0.25) is 4.79 Å². The summed E-state index contributed by atoms with van der Waals surface area (Å²) >= 11 is 2.27. The number of methoxy groups -OCH3 is 1. The van der Waals surface area contributed by atoms with Crippen LogP contribution in [0.2, 0.25) is 0 Å². The Morgan fingerprint density at radius 3 is 2.62 bits per heavy atom. The number of rotatable bonds is 8. The van der Waals surface area contributed by atoms with Crippen molar-refractivity contribution in [2.24, 2.45) is 0 Å². The van der Waals surface area contributed by atoms with Crippen LogP contribution in [0, 0.1) is 10.5 Å². The highest BCUT2D eigenvalue weighted by atomic mass is 127. The van der Waals surface area contributed by atoms with Crippen molar-refractivity contribution in [1.29, 1.82) is 0 Å². The average Bonchev–Trinajstić information content (AvgIpc) is 2.61. The molecule has 0 atom stereocenters. The van der Waals surface area contributed by atoms with Gasteiger partial charge in [0, 0.05) is 25.6 Å². The number of amides is 1. The van der Waals surface area contributed by atoms with Gasteiger partial charge < -0.3 is 15.0 Å². The monoisotopic (exact) mass is 474 g/mol. The van der Waals surface area contributed by atoms with E-state index in [1.165, 1.54) is 19.3 Å². The molecule has 0 unspecified atom stereocenters. The molecular formula is C19H31IN4O2. The van der Waals surface area contributed by atoms with Crippen LogP contribution in [0.1, 0.15) is 63.4 Å². The van der Waals surface area contributed by atoms with Gasteiger partial charge >= 0.3 is 0 Å². The number of carbonyl (C=O) groups is 1. The van der Waals surface area contributed by atoms with E-state index in [0.717, 1.165) is 33.7 Å². The van der Waals surface area contributed by atoms with E-state index < -0.39 is 0 Å². The molecule has 7 heteroatoms. The average molecular weight is 474 g/mol. The van der Waals surface area contributed by atoms with Gasteiger partial charge in [0.25, 0.3) is 0 Å². The van der Waals surface area contributed by atoms with Gasteiger partial charge in [0.15, 0.2) is 0 Å². The molecule has 0 aromatic carbocycles. The third kappa shape index (κ3) is 6.04. The fraction of sp³-hybridized carbons (Fsp3) is 0.737. The number of carbonyl (C=O) groups excluding carboxylic acids is 1. The summed E-state index contributed by atoms with van der Waals surface area (Å²) in [4.78, 5) is 24.0. The minimum absolute atomic E-state index is 0.0613. The summed E-state index contributed by atoms with van der Waals surface area (Å²) in [5.41, 5.74) is 0.953. The molecule has 1 heterocycles. The zero-order chi connectivity index (χ0) is 19.1. The van der Waals surface area contributed by atoms with Gasteiger partial charge in [-0.05, 0) is 42.4 Å². The first kappa shape index (κ1) is 21.3. The minimum atomic E-state index is 0.0613. The third-order valence-electron chi connectivity index (χ3n) is 4.70. The molecule has 0 spiro atoms. The number of nitrogens with one attached hydrogen (secondary N) is 1. The quantitative estimate of drug-likeness (QED) is 0.585. The molecule has 1 N–H and O–H groups in total. The van der Waals surface area contributed by atoms with Crippen LogP contribution in [0.15, 0.2) is 0 Å². The summed E-state index contributed by atoms with van der Waals surface area (Å²) in [7, 11) is 1.68. The molecule has 2 rings (SSSR count). The van der Waals surface area contributed by atoms with Crippen molar-refractivity contribution >= 4 is 34.3 Å². The maximum Gasteiger partial charge on any atom is 0.239 e. The topological polar surface area (TPSA) is 67.3 Å². The molecule has 0 radical (unpaired) electrons. The molecule has 1 aliphatic carbocycles. The molecule has 0 bridgehead atoms. The molecular weight excluding hydrogens is 443 g/mol. The summed E-state index contributed by atoms with van der Waals surface area (Å²) in [6.07, 6.45) is 5.87. The summed E-state index contributed by atoms with van der Waals surface area (Å²) in [6, 6.07) is 0.318. The van der Waals surface area contributed by atoms with E-state index in [1.54, 1.807) is 7.11 Å². The van der Waals surface area contributed by atoms with Crippen molar-refractivity contribution in [3.63, 3.8) is 0 Å². The van der Waals surface area contributed by atoms with Crippen molar-refractivity contribution in [2.75, 3.05) is 31.7 Å². The fourth-order valence-corrected chi connectivity index (χ4v) is 3.77. The number of hydrogen-bond donors (Lipinski definition) is 1. The first-order valence-corrected chi connectivity index (χ1v) is 10.6. The molecule has 1 saturated carbocycles. The summed E-state index contributed by atoms with van der Waals surface area (Å²) in [5, 5.41) is 3.20. The number of aryl methyl sites for hydroxylation is 1. The number of halogens is 1. The third-order valence-corrected chi connectivity index (χ3v) is 5.97. The van der Waals surface area contributed by atoms with Crippen LogP contribution in [0.25, 0.3) is 0 Å². The first-order chi connectivity index (χ1) is 12.4. The van der Waals surface area contributed by atoms with Gasteiger partial charge in [-0.1, -0.05) is 33.1 Å². The van der Waals surface area contributed by atoms with Gasteiger partial charge in [-0.25, -0.2) is 9.97 Å². The highest BCUT2D eigenvalue weighted by Crippen LogP contribution is 2.25. The lowest BCUT2D eigenvalue weighted by atomic mass is 9.95. The number of nitrogens with zero attached hydrogens (tertiary/aromatic N) is 3. The smallest absolute Gasteiger partial charge is 0.239 e. The lowest BCUT2D eigenvalue weighted by Crippen LogP contribution is -2.44. The Bertz CT molecular complexity index is 603. The number of aromatic nitrogens is 2. The minimum Gasteiger partial charge on any atom is -0.383 e. The van der Waals surface area contributed by atoms with Gasteiger partial charge in [0.1, 0.15) is 11.6 Å². The Morgan fingerprint density at radius 1 is 1.31 bits per heavy atom. The Balaban J connectivity index is 2.16. The van der Waals surface area contributed by atoms with Crippen LogP contribution in [0.4, 0.5) is 5.82 Å². The molecule has 0 saturated heterocycles. The van der Waals surface area contributed by atoms with Crippen molar-refractivity contribution < 1.29 is 9.53 Å². The van der Waals surface area contributed by atoms with E-state index in [9.17, 15) is 4.79 Å². The second kappa shape index (κ2) is 10.4. The van der Waals surface area contributed by atoms with Gasteiger partial charge in [-0.2, -0.15) is 0 Å². The number of anilines is 1. The molecule has 1 amide bonds. The Kier molecular flexibility index (Phi) is 8.53. The fourth-order valence-electron chi connectivity index (χ4n) is 3.19. The van der Waals surface area contributed by atoms with Crippen LogP contribution in [0.5, 0.6) is 0 Å². The predicted molar refractivity (Wildman–Crippen MR) is 113 cm³/mol. The highest BCUT2D eigenvalue weighted by Gasteiger charge is 2.22. The van der Waals surface area contributed by atoms with E-state index >= 15 is 0 Å². The predicted octanol–water partition coefficient (Wildman–Crippen LogP) is 3.41. The maximum absolute atomic E-state index is 12.6. The Hall–Kier alpha value is -0.960. The first-order valence-electron chi connectivity index (χ1n) is 9.49. The molecule has 1 fully saturated rings. The van der Waals surface area contributed by atoms with Crippen LogP contribution in [-0.4, -0.2) is 48.7 Å². The molecule has 1 aromatic heterocycles. The number of hydrogen-bond acceptors (Lipinski definition) is 5. The lowest BCUT2D eigenvalue weighted by Gasteiger charge is -2.28. The SMILES string of the molecule is COCCN(CC(=O)NC1CCCCC1)c1nc(C(C)C)nc(C)c1I. The summed E-state index contributed by atoms with van der Waals surface area (Å²) in [5.74, 6) is 1.95. The van der Waals surface area contributed by atoms with Crippen molar-refractivity contribution in [3.05, 3.63) is 15.1 Å². The van der Waals surface area contributed by atoms with Crippen LogP contribution < -0.4 is 10.2 Å². The van der Waals surface area contributed by atoms with Crippen molar-refractivity contribution in [3.8, 4) is 0 Å². The Morgan fingerprint density at radius 2 is 2.00 bits per heavy atom. The molecule has 1 aromatic rings. The zero-order valence-corrected chi connectivity index (χ0v) is 18.5. The summed E-state index contributed by atoms with van der Waals surface area (Å²) in [6.45, 7) is 7.63. The van der Waals surface area contributed by atoms with Crippen LogP contribution in [-0.2, 0) is 9.53 Å². The van der Waals surface area contributed by atoms with Crippen LogP contribution in [0.3, 0.4) is 0 Å². The standard InChI is InChI=1S/C19H31IN4O2/c1-13(2)18-21-14(3)17(20)19(23-18)24(10-11-26-4)12-16(25)22-15-8-6-5-7-9-15/h13,15H,5-12H2,1-4H3,(H,22,25). The molecule has 26 heavy (non-hydrogen) atoms. The zero-order valence-electron chi connectivity index (χ0n) is 16.3. The molecule has 0 aliphatic heterocycles. The molecule has 1 aliphatic rings. The van der Waals surface area contributed by atoms with Crippen molar-refractivity contribution in [1.82, 2.24) is 15.3 Å². The van der Waals surface area contributed by atoms with E-state index in [-0.39, 0.29) is 11.8 Å². The van der Waals surface area contributed by atoms with E-state index in [0.29, 0.717) is 25.7 Å². The molecule has 146 valence electrons.